The van der Waals surface area contributed by atoms with Gasteiger partial charge in [0.1, 0.15) is 35.9 Å². The molecular weight excluding hydrogens is 570 g/mol. The van der Waals surface area contributed by atoms with Crippen molar-refractivity contribution < 1.29 is 27.8 Å². The van der Waals surface area contributed by atoms with Crippen molar-refractivity contribution in [2.45, 2.75) is 64.5 Å². The van der Waals surface area contributed by atoms with Crippen LogP contribution < -0.4 is 15.8 Å². The highest BCUT2D eigenvalue weighted by Crippen LogP contribution is 2.41. The lowest BCUT2D eigenvalue weighted by Gasteiger charge is -2.28. The fraction of sp³-hybridized carbons (Fsp3) is 0.406. The van der Waals surface area contributed by atoms with Crippen molar-refractivity contribution in [1.29, 1.82) is 5.26 Å². The molecule has 0 spiro atoms. The van der Waals surface area contributed by atoms with E-state index in [0.29, 0.717) is 17.9 Å². The molecular formula is C32H34F2N6O4. The molecule has 1 aromatic heterocycles. The van der Waals surface area contributed by atoms with Crippen molar-refractivity contribution in [2.24, 2.45) is 5.92 Å². The molecule has 1 saturated carbocycles. The Labute approximate surface area is 254 Å². The fourth-order valence-corrected chi connectivity index (χ4v) is 5.24. The lowest BCUT2D eigenvalue weighted by Crippen LogP contribution is -2.42. The maximum Gasteiger partial charge on any atom is 0.410 e. The topological polar surface area (TPSA) is 143 Å². The number of hydrogen-bond acceptors (Lipinski definition) is 8. The van der Waals surface area contributed by atoms with E-state index in [2.05, 4.69) is 21.4 Å². The predicted molar refractivity (Wildman–Crippen MR) is 159 cm³/mol. The van der Waals surface area contributed by atoms with Crippen LogP contribution in [-0.4, -0.2) is 51.7 Å². The van der Waals surface area contributed by atoms with E-state index in [-0.39, 0.29) is 47.2 Å². The van der Waals surface area contributed by atoms with Crippen LogP contribution in [0.3, 0.4) is 0 Å². The molecule has 2 amide bonds. The Morgan fingerprint density at radius 3 is 2.59 bits per heavy atom. The van der Waals surface area contributed by atoms with Crippen molar-refractivity contribution in [3.8, 4) is 23.1 Å². The molecule has 230 valence electrons. The van der Waals surface area contributed by atoms with Gasteiger partial charge in [0.2, 0.25) is 0 Å². The Balaban J connectivity index is 1.40. The van der Waals surface area contributed by atoms with Gasteiger partial charge in [-0.1, -0.05) is 6.07 Å². The molecule has 3 N–H and O–H groups in total. The maximum atomic E-state index is 15.0. The molecule has 1 saturated heterocycles. The number of hydrogen-bond donors (Lipinski definition) is 2. The van der Waals surface area contributed by atoms with Crippen molar-refractivity contribution in [2.75, 3.05) is 24.2 Å². The van der Waals surface area contributed by atoms with Crippen molar-refractivity contribution in [3.63, 3.8) is 0 Å². The highest BCUT2D eigenvalue weighted by Gasteiger charge is 2.38. The Morgan fingerprint density at radius 1 is 1.18 bits per heavy atom. The van der Waals surface area contributed by atoms with Gasteiger partial charge < -0.3 is 25.4 Å². The minimum Gasteiger partial charge on any atom is -0.485 e. The number of aromatic nitrogens is 2. The van der Waals surface area contributed by atoms with Gasteiger partial charge in [0.05, 0.1) is 23.6 Å². The van der Waals surface area contributed by atoms with Gasteiger partial charge in [-0.2, -0.15) is 5.26 Å². The molecule has 2 atom stereocenters. The van der Waals surface area contributed by atoms with Crippen LogP contribution in [0.15, 0.2) is 36.7 Å². The van der Waals surface area contributed by atoms with Crippen LogP contribution in [0.5, 0.6) is 5.75 Å². The second-order valence-corrected chi connectivity index (χ2v) is 12.2. The van der Waals surface area contributed by atoms with Gasteiger partial charge in [-0.15, -0.1) is 0 Å². The van der Waals surface area contributed by atoms with Crippen LogP contribution in [0.2, 0.25) is 0 Å². The normalized spacial score (nSPS) is 18.1. The highest BCUT2D eigenvalue weighted by atomic mass is 19.1. The Hall–Kier alpha value is -4.79. The number of carbonyl (C=O) groups excluding carboxylic acids is 2. The number of anilines is 2. The number of rotatable bonds is 7. The quantitative estimate of drug-likeness (QED) is 0.336. The molecule has 1 aliphatic heterocycles. The minimum atomic E-state index is -0.730. The van der Waals surface area contributed by atoms with Gasteiger partial charge >= 0.3 is 6.09 Å². The Bertz CT molecular complexity index is 1650. The number of nitrogens with two attached hydrogens (primary N) is 1. The van der Waals surface area contributed by atoms with Gasteiger partial charge in [0, 0.05) is 17.8 Å². The van der Waals surface area contributed by atoms with Gasteiger partial charge in [0.25, 0.3) is 5.91 Å². The summed E-state index contributed by atoms with van der Waals surface area (Å²) in [6.07, 6.45) is 2.98. The van der Waals surface area contributed by atoms with Gasteiger partial charge in [0.15, 0.2) is 11.6 Å². The van der Waals surface area contributed by atoms with Crippen molar-refractivity contribution in [3.05, 3.63) is 65.0 Å². The monoisotopic (exact) mass is 604 g/mol. The second-order valence-electron chi connectivity index (χ2n) is 12.2. The first-order chi connectivity index (χ1) is 20.8. The number of ether oxygens (including phenoxy) is 2. The Kier molecular flexibility index (Phi) is 8.41. The van der Waals surface area contributed by atoms with Gasteiger partial charge in [-0.25, -0.2) is 23.5 Å². The third-order valence-corrected chi connectivity index (χ3v) is 7.64. The standard InChI is InChI=1S/C32H34F2N6O4/c1-17-24(11-21(33)12-26(17)39-30(41)23-8-7-20(10-25(23)34)19-5-6-19)27-28(29(36)38-16-37-27)43-15-22-9-18(13-35)14-40(22)31(42)44-32(2,3)4/h7-8,10-12,16,18-19,22H,5-6,9,14-15H2,1-4H3,(H,39,41)(H2,36,37,38)/t18-,22?/m0/s1. The number of carbonyl (C=O) groups is 2. The van der Waals surface area contributed by atoms with E-state index in [1.807, 2.05) is 0 Å². The summed E-state index contributed by atoms with van der Waals surface area (Å²) in [5, 5.41) is 12.1. The molecule has 2 fully saturated rings. The van der Waals surface area contributed by atoms with Crippen molar-refractivity contribution in [1.82, 2.24) is 14.9 Å². The number of nitrogen functional groups attached to an aromatic ring is 1. The van der Waals surface area contributed by atoms with E-state index < -0.39 is 41.2 Å². The number of likely N-dealkylation sites (tertiary alicyclic amines) is 1. The average Bonchev–Trinajstić information content (AvgIpc) is 3.72. The van der Waals surface area contributed by atoms with Gasteiger partial charge in [-0.05, 0) is 88.3 Å². The molecule has 1 aliphatic carbocycles. The summed E-state index contributed by atoms with van der Waals surface area (Å²) < 4.78 is 41.4. The molecule has 44 heavy (non-hydrogen) atoms. The zero-order valence-corrected chi connectivity index (χ0v) is 25.0. The SMILES string of the molecule is Cc1c(NC(=O)c2ccc(C3CC3)cc2F)cc(F)cc1-c1ncnc(N)c1OCC1C[C@@H](C#N)CN1C(=O)OC(C)(C)C. The smallest absolute Gasteiger partial charge is 0.410 e. The summed E-state index contributed by atoms with van der Waals surface area (Å²) >= 11 is 0. The third-order valence-electron chi connectivity index (χ3n) is 7.64. The minimum absolute atomic E-state index is 0.0271. The summed E-state index contributed by atoms with van der Waals surface area (Å²) in [5.74, 6) is -2.12. The Morgan fingerprint density at radius 2 is 1.93 bits per heavy atom. The van der Waals surface area contributed by atoms with Crippen LogP contribution in [-0.2, 0) is 4.74 Å². The van der Waals surface area contributed by atoms with Crippen LogP contribution in [0.4, 0.5) is 25.1 Å². The zero-order valence-electron chi connectivity index (χ0n) is 25.0. The summed E-state index contributed by atoms with van der Waals surface area (Å²) in [7, 11) is 0. The number of nitrogens with zero attached hydrogens (tertiary/aromatic N) is 4. The molecule has 0 bridgehead atoms. The van der Waals surface area contributed by atoms with Gasteiger partial charge in [-0.3, -0.25) is 4.79 Å². The van der Waals surface area contributed by atoms with E-state index in [1.165, 1.54) is 29.4 Å². The molecule has 5 rings (SSSR count). The number of amides is 2. The molecule has 3 aromatic rings. The van der Waals surface area contributed by atoms with E-state index in [0.717, 1.165) is 24.5 Å². The summed E-state index contributed by atoms with van der Waals surface area (Å²) in [6.45, 7) is 7.03. The molecule has 12 heteroatoms. The number of halogens is 2. The molecule has 2 aliphatic rings. The van der Waals surface area contributed by atoms with E-state index in [1.54, 1.807) is 33.8 Å². The highest BCUT2D eigenvalue weighted by molar-refractivity contribution is 6.05. The van der Waals surface area contributed by atoms with E-state index in [4.69, 9.17) is 15.2 Å². The number of nitrogens with one attached hydrogen (secondary N) is 1. The molecule has 10 nitrogen and oxygen atoms in total. The summed E-state index contributed by atoms with van der Waals surface area (Å²) in [5.41, 5.74) is 7.10. The molecule has 2 aromatic carbocycles. The second kappa shape index (κ2) is 12.1. The van der Waals surface area contributed by atoms with Crippen LogP contribution in [0.25, 0.3) is 11.3 Å². The lowest BCUT2D eigenvalue weighted by atomic mass is 10.0. The molecule has 2 heterocycles. The first kappa shape index (κ1) is 30.7. The van der Waals surface area contributed by atoms with Crippen molar-refractivity contribution >= 4 is 23.5 Å². The molecule has 1 unspecified atom stereocenters. The lowest BCUT2D eigenvalue weighted by molar-refractivity contribution is 0.0185. The predicted octanol–water partition coefficient (Wildman–Crippen LogP) is 5.97. The van der Waals surface area contributed by atoms with Crippen LogP contribution >= 0.6 is 0 Å². The fourth-order valence-electron chi connectivity index (χ4n) is 5.24. The van der Waals surface area contributed by atoms with E-state index >= 15 is 0 Å². The molecule has 0 radical (unpaired) electrons. The third kappa shape index (κ3) is 6.72. The summed E-state index contributed by atoms with van der Waals surface area (Å²) in [6, 6.07) is 8.59. The first-order valence-corrected chi connectivity index (χ1v) is 14.4. The average molecular weight is 605 g/mol. The number of benzene rings is 2. The summed E-state index contributed by atoms with van der Waals surface area (Å²) in [4.78, 5) is 35.7. The van der Waals surface area contributed by atoms with E-state index in [9.17, 15) is 23.6 Å². The first-order valence-electron chi connectivity index (χ1n) is 14.4. The zero-order chi connectivity index (χ0) is 31.8. The maximum absolute atomic E-state index is 15.0. The van der Waals surface area contributed by atoms with Crippen LogP contribution in [0.1, 0.15) is 67.4 Å². The van der Waals surface area contributed by atoms with Crippen LogP contribution in [0, 0.1) is 35.8 Å². The number of nitriles is 1. The largest absolute Gasteiger partial charge is 0.485 e.